The summed E-state index contributed by atoms with van der Waals surface area (Å²) in [5, 5.41) is 9.05. The first-order valence-corrected chi connectivity index (χ1v) is 6.81. The number of hydrogen-bond acceptors (Lipinski definition) is 4. The molecular weight excluding hydrogens is 268 g/mol. The molecule has 0 saturated heterocycles. The van der Waals surface area contributed by atoms with Crippen molar-refractivity contribution in [2.75, 3.05) is 18.1 Å². The quantitative estimate of drug-likeness (QED) is 0.918. The summed E-state index contributed by atoms with van der Waals surface area (Å²) in [4.78, 5) is 17.3. The van der Waals surface area contributed by atoms with Gasteiger partial charge >= 0.3 is 5.97 Å². The number of carboxylic acids is 1. The predicted molar refractivity (Wildman–Crippen MR) is 78.9 cm³/mol. The topological polar surface area (TPSA) is 62.7 Å². The number of hydrogen-bond donors (Lipinski definition) is 1. The van der Waals surface area contributed by atoms with Crippen LogP contribution in [0.5, 0.6) is 5.75 Å². The molecule has 0 radical (unpaired) electrons. The minimum atomic E-state index is -1.01. The van der Waals surface area contributed by atoms with Crippen LogP contribution in [-0.2, 0) is 6.54 Å². The molecule has 21 heavy (non-hydrogen) atoms. The lowest BCUT2D eigenvalue weighted by atomic mass is 10.1. The highest BCUT2D eigenvalue weighted by atomic mass is 16.5. The number of fused-ring (bicyclic) bond motifs is 1. The lowest BCUT2D eigenvalue weighted by Gasteiger charge is -2.21. The first-order chi connectivity index (χ1) is 10.1. The summed E-state index contributed by atoms with van der Waals surface area (Å²) in [6.45, 7) is 3.92. The van der Waals surface area contributed by atoms with E-state index in [1.807, 2.05) is 30.0 Å². The van der Waals surface area contributed by atoms with Crippen molar-refractivity contribution < 1.29 is 14.6 Å². The van der Waals surface area contributed by atoms with Gasteiger partial charge in [0.05, 0.1) is 6.54 Å². The van der Waals surface area contributed by atoms with Crippen LogP contribution in [0.1, 0.15) is 21.6 Å². The number of rotatable bonds is 2. The van der Waals surface area contributed by atoms with Crippen molar-refractivity contribution in [1.29, 1.82) is 0 Å². The Hall–Kier alpha value is -2.56. The van der Waals surface area contributed by atoms with Crippen molar-refractivity contribution in [2.45, 2.75) is 13.5 Å². The zero-order chi connectivity index (χ0) is 14.8. The number of nitrogens with zero attached hydrogens (tertiary/aromatic N) is 2. The highest BCUT2D eigenvalue weighted by molar-refractivity contribution is 5.85. The average Bonchev–Trinajstić information content (AvgIpc) is 2.69. The van der Waals surface area contributed by atoms with Gasteiger partial charge in [0, 0.05) is 12.1 Å². The molecule has 0 bridgehead atoms. The lowest BCUT2D eigenvalue weighted by molar-refractivity contribution is 0.0690. The standard InChI is InChI=1S/C16H16N2O3/c1-11-5-6-14-12(9-11)10-18(7-8-21-14)15-4-2-3-13(17-15)16(19)20/h2-6,9H,7-8,10H2,1H3,(H,19,20). The van der Waals surface area contributed by atoms with Crippen molar-refractivity contribution in [3.05, 3.63) is 53.2 Å². The van der Waals surface area contributed by atoms with Crippen LogP contribution in [0.3, 0.4) is 0 Å². The van der Waals surface area contributed by atoms with Gasteiger partial charge in [0.2, 0.25) is 0 Å². The van der Waals surface area contributed by atoms with Crippen LogP contribution in [-0.4, -0.2) is 29.2 Å². The van der Waals surface area contributed by atoms with Gasteiger partial charge in [-0.25, -0.2) is 9.78 Å². The van der Waals surface area contributed by atoms with Gasteiger partial charge in [-0.15, -0.1) is 0 Å². The fourth-order valence-electron chi connectivity index (χ4n) is 2.44. The van der Waals surface area contributed by atoms with Gasteiger partial charge in [0.1, 0.15) is 18.2 Å². The average molecular weight is 284 g/mol. The fourth-order valence-corrected chi connectivity index (χ4v) is 2.44. The number of aryl methyl sites for hydroxylation is 1. The Labute approximate surface area is 122 Å². The summed E-state index contributed by atoms with van der Waals surface area (Å²) in [6, 6.07) is 11.1. The van der Waals surface area contributed by atoms with E-state index in [4.69, 9.17) is 9.84 Å². The summed E-state index contributed by atoms with van der Waals surface area (Å²) in [5.74, 6) is 0.532. The second-order valence-corrected chi connectivity index (χ2v) is 5.07. The van der Waals surface area contributed by atoms with Crippen LogP contribution < -0.4 is 9.64 Å². The Morgan fingerprint density at radius 3 is 3.00 bits per heavy atom. The molecule has 3 rings (SSSR count). The lowest BCUT2D eigenvalue weighted by Crippen LogP contribution is -2.26. The monoisotopic (exact) mass is 284 g/mol. The number of carboxylic acid groups (broad SMARTS) is 1. The smallest absolute Gasteiger partial charge is 0.354 e. The maximum Gasteiger partial charge on any atom is 0.354 e. The van der Waals surface area contributed by atoms with E-state index >= 15 is 0 Å². The molecule has 2 heterocycles. The Kier molecular flexibility index (Phi) is 3.48. The predicted octanol–water partition coefficient (Wildman–Crippen LogP) is 2.49. The van der Waals surface area contributed by atoms with E-state index in [1.165, 1.54) is 11.6 Å². The molecule has 1 aromatic carbocycles. The number of aromatic carboxylic acids is 1. The second-order valence-electron chi connectivity index (χ2n) is 5.07. The molecule has 0 unspecified atom stereocenters. The Morgan fingerprint density at radius 1 is 1.33 bits per heavy atom. The van der Waals surface area contributed by atoms with Gasteiger partial charge in [0.15, 0.2) is 5.69 Å². The number of ether oxygens (including phenoxy) is 1. The molecular formula is C16H16N2O3. The van der Waals surface area contributed by atoms with Crippen molar-refractivity contribution >= 4 is 11.8 Å². The molecule has 1 aromatic heterocycles. The highest BCUT2D eigenvalue weighted by Gasteiger charge is 2.17. The fraction of sp³-hybridized carbons (Fsp3) is 0.250. The second kappa shape index (κ2) is 5.44. The normalized spacial score (nSPS) is 14.0. The summed E-state index contributed by atoms with van der Waals surface area (Å²) in [7, 11) is 0. The van der Waals surface area contributed by atoms with E-state index in [0.717, 1.165) is 11.3 Å². The van der Waals surface area contributed by atoms with Gasteiger partial charge in [-0.1, -0.05) is 23.8 Å². The Balaban J connectivity index is 1.93. The van der Waals surface area contributed by atoms with E-state index in [9.17, 15) is 4.79 Å². The maximum atomic E-state index is 11.0. The molecule has 0 aliphatic carbocycles. The molecule has 0 spiro atoms. The molecule has 0 amide bonds. The molecule has 1 aliphatic heterocycles. The third-order valence-electron chi connectivity index (χ3n) is 3.47. The van der Waals surface area contributed by atoms with E-state index in [-0.39, 0.29) is 5.69 Å². The first kappa shape index (κ1) is 13.4. The molecule has 2 aromatic rings. The third-order valence-corrected chi connectivity index (χ3v) is 3.47. The minimum Gasteiger partial charge on any atom is -0.491 e. The summed E-state index contributed by atoms with van der Waals surface area (Å²) in [6.07, 6.45) is 0. The first-order valence-electron chi connectivity index (χ1n) is 6.81. The van der Waals surface area contributed by atoms with Gasteiger partial charge in [0.25, 0.3) is 0 Å². The number of carbonyl (C=O) groups is 1. The highest BCUT2D eigenvalue weighted by Crippen LogP contribution is 2.26. The third kappa shape index (κ3) is 2.81. The van der Waals surface area contributed by atoms with E-state index < -0.39 is 5.97 Å². The van der Waals surface area contributed by atoms with Gasteiger partial charge in [-0.3, -0.25) is 0 Å². The Bertz CT molecular complexity index is 685. The minimum absolute atomic E-state index is 0.0575. The van der Waals surface area contributed by atoms with E-state index in [0.29, 0.717) is 25.5 Å². The van der Waals surface area contributed by atoms with Crippen molar-refractivity contribution in [3.63, 3.8) is 0 Å². The maximum absolute atomic E-state index is 11.0. The van der Waals surface area contributed by atoms with Crippen LogP contribution in [0.4, 0.5) is 5.82 Å². The number of anilines is 1. The summed E-state index contributed by atoms with van der Waals surface area (Å²) in [5.41, 5.74) is 2.32. The van der Waals surface area contributed by atoms with Gasteiger partial charge in [-0.2, -0.15) is 0 Å². The molecule has 5 heteroatoms. The number of aromatic nitrogens is 1. The van der Waals surface area contributed by atoms with Crippen molar-refractivity contribution in [2.24, 2.45) is 0 Å². The molecule has 0 atom stereocenters. The molecule has 1 N–H and O–H groups in total. The summed E-state index contributed by atoms with van der Waals surface area (Å²) >= 11 is 0. The van der Waals surface area contributed by atoms with E-state index in [2.05, 4.69) is 11.1 Å². The number of benzene rings is 1. The van der Waals surface area contributed by atoms with Gasteiger partial charge in [-0.05, 0) is 25.1 Å². The SMILES string of the molecule is Cc1ccc2c(c1)CN(c1cccc(C(=O)O)n1)CCO2. The Morgan fingerprint density at radius 2 is 2.19 bits per heavy atom. The molecule has 108 valence electrons. The van der Waals surface area contributed by atoms with Crippen LogP contribution in [0, 0.1) is 6.92 Å². The van der Waals surface area contributed by atoms with Crippen LogP contribution in [0.2, 0.25) is 0 Å². The van der Waals surface area contributed by atoms with E-state index in [1.54, 1.807) is 6.07 Å². The van der Waals surface area contributed by atoms with Crippen molar-refractivity contribution in [3.8, 4) is 5.75 Å². The molecule has 1 aliphatic rings. The van der Waals surface area contributed by atoms with Crippen LogP contribution in [0.25, 0.3) is 0 Å². The summed E-state index contributed by atoms with van der Waals surface area (Å²) < 4.78 is 5.75. The number of pyridine rings is 1. The zero-order valence-corrected chi connectivity index (χ0v) is 11.7. The molecule has 0 fully saturated rings. The van der Waals surface area contributed by atoms with Gasteiger partial charge < -0.3 is 14.7 Å². The van der Waals surface area contributed by atoms with Crippen molar-refractivity contribution in [1.82, 2.24) is 4.98 Å². The van der Waals surface area contributed by atoms with Crippen LogP contribution >= 0.6 is 0 Å². The largest absolute Gasteiger partial charge is 0.491 e. The molecule has 0 saturated carbocycles. The molecule has 5 nitrogen and oxygen atoms in total. The zero-order valence-electron chi connectivity index (χ0n) is 11.7. The van der Waals surface area contributed by atoms with Crippen LogP contribution in [0.15, 0.2) is 36.4 Å².